The van der Waals surface area contributed by atoms with Gasteiger partial charge in [-0.05, 0) is 42.1 Å². The normalized spacial score (nSPS) is 26.2. The molecule has 0 saturated carbocycles. The number of fused-ring (bicyclic) bond motifs is 1. The van der Waals surface area contributed by atoms with Crippen LogP contribution in [-0.4, -0.2) is 23.2 Å². The van der Waals surface area contributed by atoms with Gasteiger partial charge in [0, 0.05) is 18.3 Å². The molecule has 1 aliphatic rings. The predicted octanol–water partition coefficient (Wildman–Crippen LogP) is 1.35. The molecular formula is C12H14N2O. The lowest BCUT2D eigenvalue weighted by Gasteiger charge is -2.21. The third kappa shape index (κ3) is 1.35. The number of aromatic amines is 1. The molecule has 0 radical (unpaired) electrons. The summed E-state index contributed by atoms with van der Waals surface area (Å²) in [4.78, 5) is 3.15. The number of aromatic nitrogens is 1. The van der Waals surface area contributed by atoms with Gasteiger partial charge in [-0.15, -0.1) is 0 Å². The van der Waals surface area contributed by atoms with Gasteiger partial charge in [0.05, 0.1) is 0 Å². The maximum absolute atomic E-state index is 10.4. The number of β-amino-alcohol motifs (C(OH)–C–C–N with tert-alkyl or cyclic N) is 1. The van der Waals surface area contributed by atoms with Crippen molar-refractivity contribution >= 4 is 10.9 Å². The molecule has 1 aromatic heterocycles. The van der Waals surface area contributed by atoms with E-state index in [1.807, 2.05) is 24.4 Å². The zero-order valence-electron chi connectivity index (χ0n) is 8.46. The Balaban J connectivity index is 2.10. The van der Waals surface area contributed by atoms with E-state index in [0.717, 1.165) is 29.4 Å². The SMILES string of the molecule is OC1(c2ccc3[nH]ccc3c2)CCNC1. The first-order valence-electron chi connectivity index (χ1n) is 5.29. The smallest absolute Gasteiger partial charge is 0.103 e. The molecule has 2 aromatic rings. The number of benzene rings is 1. The first kappa shape index (κ1) is 8.95. The van der Waals surface area contributed by atoms with E-state index in [2.05, 4.69) is 16.4 Å². The van der Waals surface area contributed by atoms with Crippen molar-refractivity contribution in [2.75, 3.05) is 13.1 Å². The molecule has 0 aliphatic carbocycles. The fraction of sp³-hybridized carbons (Fsp3) is 0.333. The first-order chi connectivity index (χ1) is 7.28. The third-order valence-electron chi connectivity index (χ3n) is 3.22. The monoisotopic (exact) mass is 202 g/mol. The number of hydrogen-bond acceptors (Lipinski definition) is 2. The molecule has 0 bridgehead atoms. The van der Waals surface area contributed by atoms with E-state index in [1.54, 1.807) is 0 Å². The van der Waals surface area contributed by atoms with Crippen molar-refractivity contribution in [3.05, 3.63) is 36.0 Å². The minimum Gasteiger partial charge on any atom is -0.384 e. The second kappa shape index (κ2) is 3.08. The lowest BCUT2D eigenvalue weighted by Crippen LogP contribution is -2.28. The number of rotatable bonds is 1. The Kier molecular flexibility index (Phi) is 1.84. The van der Waals surface area contributed by atoms with Crippen LogP contribution >= 0.6 is 0 Å². The van der Waals surface area contributed by atoms with Gasteiger partial charge in [-0.25, -0.2) is 0 Å². The molecule has 1 unspecified atom stereocenters. The Hall–Kier alpha value is -1.32. The summed E-state index contributed by atoms with van der Waals surface area (Å²) < 4.78 is 0. The molecule has 2 heterocycles. The molecule has 1 fully saturated rings. The zero-order valence-corrected chi connectivity index (χ0v) is 8.46. The second-order valence-electron chi connectivity index (χ2n) is 4.24. The van der Waals surface area contributed by atoms with Crippen LogP contribution in [0.5, 0.6) is 0 Å². The van der Waals surface area contributed by atoms with Crippen molar-refractivity contribution in [3.8, 4) is 0 Å². The van der Waals surface area contributed by atoms with Crippen LogP contribution in [0.15, 0.2) is 30.5 Å². The van der Waals surface area contributed by atoms with E-state index in [-0.39, 0.29) is 0 Å². The van der Waals surface area contributed by atoms with Gasteiger partial charge in [0.1, 0.15) is 5.60 Å². The maximum Gasteiger partial charge on any atom is 0.103 e. The van der Waals surface area contributed by atoms with Crippen molar-refractivity contribution in [1.82, 2.24) is 10.3 Å². The largest absolute Gasteiger partial charge is 0.384 e. The molecule has 1 atom stereocenters. The number of nitrogens with one attached hydrogen (secondary N) is 2. The third-order valence-corrected chi connectivity index (χ3v) is 3.22. The molecule has 1 saturated heterocycles. The van der Waals surface area contributed by atoms with Crippen molar-refractivity contribution in [3.63, 3.8) is 0 Å². The summed E-state index contributed by atoms with van der Waals surface area (Å²) >= 11 is 0. The Morgan fingerprint density at radius 1 is 1.27 bits per heavy atom. The molecule has 3 heteroatoms. The van der Waals surface area contributed by atoms with Gasteiger partial charge in [-0.1, -0.05) is 6.07 Å². The highest BCUT2D eigenvalue weighted by Gasteiger charge is 2.32. The molecule has 0 amide bonds. The predicted molar refractivity (Wildman–Crippen MR) is 59.7 cm³/mol. The van der Waals surface area contributed by atoms with E-state index in [1.165, 1.54) is 0 Å². The molecule has 1 aliphatic heterocycles. The fourth-order valence-electron chi connectivity index (χ4n) is 2.27. The van der Waals surface area contributed by atoms with Gasteiger partial charge in [-0.3, -0.25) is 0 Å². The number of H-pyrrole nitrogens is 1. The van der Waals surface area contributed by atoms with E-state index in [0.29, 0.717) is 6.54 Å². The van der Waals surface area contributed by atoms with Crippen molar-refractivity contribution in [2.24, 2.45) is 0 Å². The highest BCUT2D eigenvalue weighted by atomic mass is 16.3. The van der Waals surface area contributed by atoms with Crippen LogP contribution in [-0.2, 0) is 5.60 Å². The lowest BCUT2D eigenvalue weighted by molar-refractivity contribution is 0.0589. The molecule has 3 N–H and O–H groups in total. The van der Waals surface area contributed by atoms with Gasteiger partial charge in [0.25, 0.3) is 0 Å². The van der Waals surface area contributed by atoms with Gasteiger partial charge in [0.15, 0.2) is 0 Å². The van der Waals surface area contributed by atoms with E-state index < -0.39 is 5.60 Å². The van der Waals surface area contributed by atoms with Crippen molar-refractivity contribution in [1.29, 1.82) is 0 Å². The zero-order chi connectivity index (χ0) is 10.3. The van der Waals surface area contributed by atoms with Gasteiger partial charge < -0.3 is 15.4 Å². The van der Waals surface area contributed by atoms with E-state index in [9.17, 15) is 5.11 Å². The van der Waals surface area contributed by atoms with Crippen LogP contribution in [0, 0.1) is 0 Å². The molecule has 0 spiro atoms. The Bertz CT molecular complexity index is 483. The van der Waals surface area contributed by atoms with Crippen LogP contribution < -0.4 is 5.32 Å². The van der Waals surface area contributed by atoms with E-state index in [4.69, 9.17) is 0 Å². The molecule has 3 nitrogen and oxygen atoms in total. The first-order valence-corrected chi connectivity index (χ1v) is 5.29. The summed E-state index contributed by atoms with van der Waals surface area (Å²) in [5.74, 6) is 0. The summed E-state index contributed by atoms with van der Waals surface area (Å²) in [6.45, 7) is 1.55. The van der Waals surface area contributed by atoms with Crippen LogP contribution in [0.3, 0.4) is 0 Å². The molecule has 15 heavy (non-hydrogen) atoms. The lowest BCUT2D eigenvalue weighted by atomic mass is 9.92. The summed E-state index contributed by atoms with van der Waals surface area (Å²) in [6, 6.07) is 8.14. The van der Waals surface area contributed by atoms with Crippen LogP contribution in [0.1, 0.15) is 12.0 Å². The maximum atomic E-state index is 10.4. The highest BCUT2D eigenvalue weighted by molar-refractivity contribution is 5.80. The van der Waals surface area contributed by atoms with Gasteiger partial charge >= 0.3 is 0 Å². The van der Waals surface area contributed by atoms with Crippen LogP contribution in [0.2, 0.25) is 0 Å². The van der Waals surface area contributed by atoms with Crippen molar-refractivity contribution in [2.45, 2.75) is 12.0 Å². The quantitative estimate of drug-likeness (QED) is 0.653. The minimum atomic E-state index is -0.675. The Labute approximate surface area is 88.1 Å². The Morgan fingerprint density at radius 2 is 2.20 bits per heavy atom. The topological polar surface area (TPSA) is 48.0 Å². The summed E-state index contributed by atoms with van der Waals surface area (Å²) in [7, 11) is 0. The van der Waals surface area contributed by atoms with Crippen molar-refractivity contribution < 1.29 is 5.11 Å². The van der Waals surface area contributed by atoms with Gasteiger partial charge in [-0.2, -0.15) is 0 Å². The summed E-state index contributed by atoms with van der Waals surface area (Å²) in [6.07, 6.45) is 2.72. The Morgan fingerprint density at radius 3 is 3.00 bits per heavy atom. The number of hydrogen-bond donors (Lipinski definition) is 3. The molecule has 3 rings (SSSR count). The highest BCUT2D eigenvalue weighted by Crippen LogP contribution is 2.29. The summed E-state index contributed by atoms with van der Waals surface area (Å²) in [5, 5.41) is 14.7. The average Bonchev–Trinajstić information content (AvgIpc) is 2.85. The molecular weight excluding hydrogens is 188 g/mol. The fourth-order valence-corrected chi connectivity index (χ4v) is 2.27. The second-order valence-corrected chi connectivity index (χ2v) is 4.24. The van der Waals surface area contributed by atoms with Gasteiger partial charge in [0.2, 0.25) is 0 Å². The minimum absolute atomic E-state index is 0.656. The van der Waals surface area contributed by atoms with E-state index >= 15 is 0 Å². The standard InChI is InChI=1S/C12H14N2O/c15-12(4-6-13-8-12)10-1-2-11-9(7-10)3-5-14-11/h1-3,5,7,13-15H,4,6,8H2. The van der Waals surface area contributed by atoms with Crippen LogP contribution in [0.25, 0.3) is 10.9 Å². The number of aliphatic hydroxyl groups is 1. The molecule has 1 aromatic carbocycles. The van der Waals surface area contributed by atoms with Crippen LogP contribution in [0.4, 0.5) is 0 Å². The molecule has 78 valence electrons. The average molecular weight is 202 g/mol. The summed E-state index contributed by atoms with van der Waals surface area (Å²) in [5.41, 5.74) is 1.46.